The van der Waals surface area contributed by atoms with E-state index in [0.29, 0.717) is 0 Å². The molecule has 0 bridgehead atoms. The van der Waals surface area contributed by atoms with Gasteiger partial charge in [0.2, 0.25) is 5.56 Å². The first-order valence-corrected chi connectivity index (χ1v) is 6.78. The topological polar surface area (TPSA) is 32.9 Å². The van der Waals surface area contributed by atoms with Crippen molar-refractivity contribution in [1.29, 1.82) is 0 Å². The average molecular weight is 331 g/mol. The zero-order chi connectivity index (χ0) is 14.8. The fraction of sp³-hybridized carbons (Fsp3) is 0. The predicted octanol–water partition coefficient (Wildman–Crippen LogP) is 4.34. The minimum absolute atomic E-state index is 0. The summed E-state index contributed by atoms with van der Waals surface area (Å²) in [6, 6.07) is 31.0. The van der Waals surface area contributed by atoms with Crippen molar-refractivity contribution in [3.63, 3.8) is 0 Å². The first kappa shape index (κ1) is 17.7. The van der Waals surface area contributed by atoms with Crippen LogP contribution in [0.1, 0.15) is 0 Å². The summed E-state index contributed by atoms with van der Waals surface area (Å²) >= 11 is 0. The summed E-state index contributed by atoms with van der Waals surface area (Å²) in [5.74, 6) is 0. The maximum Gasteiger partial charge on any atom is 0.248 e. The van der Waals surface area contributed by atoms with Crippen molar-refractivity contribution in [3.05, 3.63) is 107 Å². The number of pyridine rings is 1. The van der Waals surface area contributed by atoms with Crippen LogP contribution >= 0.6 is 0 Å². The fourth-order valence-electron chi connectivity index (χ4n) is 1.74. The quantitative estimate of drug-likeness (QED) is 0.377. The van der Waals surface area contributed by atoms with Gasteiger partial charge in [-0.15, -0.1) is 0 Å². The van der Waals surface area contributed by atoms with E-state index in [0.717, 1.165) is 10.9 Å². The Kier molecular flexibility index (Phi) is 8.36. The molecule has 4 aromatic rings. The smallest absolute Gasteiger partial charge is 0.248 e. The van der Waals surface area contributed by atoms with Crippen LogP contribution in [0, 0.1) is 0 Å². The molecule has 0 atom stereocenters. The molecule has 118 valence electrons. The minimum Gasteiger partial charge on any atom is -0.748 e. The number of hydrogen-bond donors (Lipinski definition) is 1. The van der Waals surface area contributed by atoms with Crippen LogP contribution in [0.5, 0.6) is 0 Å². The number of hydrogen-bond acceptors (Lipinski definition) is 1. The van der Waals surface area contributed by atoms with E-state index in [1.807, 2.05) is 91.0 Å². The fourth-order valence-corrected chi connectivity index (χ4v) is 1.74. The SMILES string of the molecule is O=c1ccc2ccccc2[nH]1.[Fe].[cH-]1[cH-][cH-][cH-][cH-]1.c1cc[cH-]c1. The Morgan fingerprint density at radius 2 is 1.32 bits per heavy atom. The van der Waals surface area contributed by atoms with Gasteiger partial charge in [0, 0.05) is 28.7 Å². The Bertz CT molecular complexity index is 710. The third-order valence-electron chi connectivity index (χ3n) is 2.74. The second-order valence-corrected chi connectivity index (χ2v) is 4.33. The zero-order valence-electron chi connectivity index (χ0n) is 12.0. The van der Waals surface area contributed by atoms with Crippen LogP contribution in [-0.2, 0) is 17.1 Å². The second-order valence-electron chi connectivity index (χ2n) is 4.33. The summed E-state index contributed by atoms with van der Waals surface area (Å²) in [4.78, 5) is 13.6. The van der Waals surface area contributed by atoms with Gasteiger partial charge in [-0.2, -0.15) is 18.2 Å². The first-order valence-electron chi connectivity index (χ1n) is 6.78. The van der Waals surface area contributed by atoms with E-state index >= 15 is 0 Å². The van der Waals surface area contributed by atoms with Gasteiger partial charge >= 0.3 is 0 Å². The van der Waals surface area contributed by atoms with Crippen molar-refractivity contribution in [3.8, 4) is 0 Å². The molecule has 3 aromatic carbocycles. The van der Waals surface area contributed by atoms with Crippen LogP contribution in [0.4, 0.5) is 0 Å². The van der Waals surface area contributed by atoms with E-state index in [1.54, 1.807) is 0 Å². The van der Waals surface area contributed by atoms with Crippen molar-refractivity contribution in [1.82, 2.24) is 4.98 Å². The largest absolute Gasteiger partial charge is 0.748 e. The summed E-state index contributed by atoms with van der Waals surface area (Å²) in [5.41, 5.74) is 0.837. The molecule has 2 nitrogen and oxygen atoms in total. The Morgan fingerprint density at radius 3 is 1.86 bits per heavy atom. The summed E-state index contributed by atoms with van der Waals surface area (Å²) in [5, 5.41) is 1.06. The van der Waals surface area contributed by atoms with Crippen molar-refractivity contribution >= 4 is 10.9 Å². The number of aromatic nitrogens is 1. The van der Waals surface area contributed by atoms with Crippen molar-refractivity contribution in [2.45, 2.75) is 0 Å². The van der Waals surface area contributed by atoms with E-state index in [2.05, 4.69) is 4.98 Å². The van der Waals surface area contributed by atoms with Crippen LogP contribution in [0.25, 0.3) is 10.9 Å². The molecular formula is C19H17FeNO-6. The summed E-state index contributed by atoms with van der Waals surface area (Å²) in [6.45, 7) is 0. The van der Waals surface area contributed by atoms with Gasteiger partial charge in [-0.3, -0.25) is 4.79 Å². The molecule has 1 aromatic heterocycles. The molecule has 0 fully saturated rings. The molecule has 0 aliphatic heterocycles. The van der Waals surface area contributed by atoms with E-state index in [9.17, 15) is 4.79 Å². The van der Waals surface area contributed by atoms with Crippen molar-refractivity contribution in [2.75, 3.05) is 0 Å². The molecule has 0 aliphatic carbocycles. The predicted molar refractivity (Wildman–Crippen MR) is 88.6 cm³/mol. The number of aromatic amines is 1. The summed E-state index contributed by atoms with van der Waals surface area (Å²) < 4.78 is 0. The van der Waals surface area contributed by atoms with Gasteiger partial charge < -0.3 is 35.3 Å². The Morgan fingerprint density at radius 1 is 0.727 bits per heavy atom. The molecule has 0 aliphatic rings. The van der Waals surface area contributed by atoms with E-state index in [-0.39, 0.29) is 22.6 Å². The van der Waals surface area contributed by atoms with Gasteiger partial charge in [-0.25, -0.2) is 12.1 Å². The number of nitrogens with one attached hydrogen (secondary N) is 1. The number of rotatable bonds is 0. The van der Waals surface area contributed by atoms with Crippen LogP contribution in [0.15, 0.2) is 102 Å². The van der Waals surface area contributed by atoms with Crippen LogP contribution in [-0.4, -0.2) is 4.98 Å². The maximum atomic E-state index is 10.8. The number of benzene rings is 1. The van der Waals surface area contributed by atoms with Gasteiger partial charge in [0.15, 0.2) is 0 Å². The third kappa shape index (κ3) is 6.40. The minimum atomic E-state index is -0.0521. The standard InChI is InChI=1S/C9H7NO.2C5H5.Fe/c11-9-6-5-7-3-1-2-4-8(7)10-9;2*1-2-4-5-3-1;/h1-6H,(H,10,11);2*1-5H;/q;-5;-1;. The summed E-state index contributed by atoms with van der Waals surface area (Å²) in [6.07, 6.45) is 0. The number of para-hydroxylation sites is 1. The normalized spacial score (nSPS) is 8.73. The van der Waals surface area contributed by atoms with Gasteiger partial charge in [-0.05, 0) is 17.5 Å². The average Bonchev–Trinajstić information content (AvgIpc) is 3.25. The zero-order valence-corrected chi connectivity index (χ0v) is 13.1. The molecule has 0 radical (unpaired) electrons. The molecular weight excluding hydrogens is 314 g/mol. The van der Waals surface area contributed by atoms with Gasteiger partial charge in [-0.1, -0.05) is 18.2 Å². The van der Waals surface area contributed by atoms with Crippen LogP contribution in [0.2, 0.25) is 0 Å². The molecule has 0 saturated carbocycles. The van der Waals surface area contributed by atoms with E-state index in [1.165, 1.54) is 6.07 Å². The number of fused-ring (bicyclic) bond motifs is 1. The van der Waals surface area contributed by atoms with Crippen LogP contribution in [0.3, 0.4) is 0 Å². The molecule has 4 rings (SSSR count). The molecule has 22 heavy (non-hydrogen) atoms. The first-order chi connectivity index (χ1) is 10.4. The maximum absolute atomic E-state index is 10.8. The third-order valence-corrected chi connectivity index (χ3v) is 2.74. The Hall–Kier alpha value is -2.35. The van der Waals surface area contributed by atoms with Gasteiger partial charge in [0.25, 0.3) is 0 Å². The number of H-pyrrole nitrogens is 1. The van der Waals surface area contributed by atoms with Crippen molar-refractivity contribution in [2.24, 2.45) is 0 Å². The van der Waals surface area contributed by atoms with Crippen molar-refractivity contribution < 1.29 is 17.1 Å². The van der Waals surface area contributed by atoms with Gasteiger partial charge in [0.1, 0.15) is 0 Å². The van der Waals surface area contributed by atoms with Crippen LogP contribution < -0.4 is 5.56 Å². The molecule has 3 heteroatoms. The molecule has 1 N–H and O–H groups in total. The monoisotopic (exact) mass is 331 g/mol. The molecule has 1 heterocycles. The summed E-state index contributed by atoms with van der Waals surface area (Å²) in [7, 11) is 0. The van der Waals surface area contributed by atoms with E-state index in [4.69, 9.17) is 0 Å². The Labute approximate surface area is 140 Å². The molecule has 0 saturated heterocycles. The van der Waals surface area contributed by atoms with E-state index < -0.39 is 0 Å². The Balaban J connectivity index is 0.000000185. The molecule has 0 unspecified atom stereocenters. The second kappa shape index (κ2) is 10.4. The molecule has 0 amide bonds. The molecule has 0 spiro atoms. The van der Waals surface area contributed by atoms with Gasteiger partial charge in [0.05, 0.1) is 0 Å².